The first-order valence-electron chi connectivity index (χ1n) is 8.63. The highest BCUT2D eigenvalue weighted by atomic mass is 16.5. The molecule has 0 unspecified atom stereocenters. The molecule has 0 fully saturated rings. The molecule has 1 aromatic carbocycles. The molecule has 0 saturated carbocycles. The van der Waals surface area contributed by atoms with Crippen LogP contribution in [0.5, 0.6) is 0 Å². The number of hydrogen-bond donors (Lipinski definition) is 0. The number of rotatable bonds is 3. The lowest BCUT2D eigenvalue weighted by Crippen LogP contribution is -2.22. The predicted octanol–water partition coefficient (Wildman–Crippen LogP) is 2.97. The number of nitrogens with zero attached hydrogens (tertiary/aromatic N) is 6. The van der Waals surface area contributed by atoms with Gasteiger partial charge in [-0.2, -0.15) is 4.98 Å². The third-order valence-electron chi connectivity index (χ3n) is 4.61. The number of aryl methyl sites for hydroxylation is 1. The van der Waals surface area contributed by atoms with Crippen LogP contribution in [-0.2, 0) is 17.9 Å². The summed E-state index contributed by atoms with van der Waals surface area (Å²) in [5, 5.41) is 12.6. The lowest BCUT2D eigenvalue weighted by molar-refractivity contribution is -0.00112. The monoisotopic (exact) mass is 360 g/mol. The van der Waals surface area contributed by atoms with E-state index < -0.39 is 0 Å². The minimum absolute atomic E-state index is 0.0507. The van der Waals surface area contributed by atoms with Crippen LogP contribution in [0, 0.1) is 6.92 Å². The van der Waals surface area contributed by atoms with Crippen molar-refractivity contribution in [2.75, 3.05) is 0 Å². The summed E-state index contributed by atoms with van der Waals surface area (Å²) in [5.74, 6) is 0.823. The van der Waals surface area contributed by atoms with Gasteiger partial charge in [0.2, 0.25) is 5.82 Å². The second kappa shape index (κ2) is 6.40. The Bertz CT molecular complexity index is 1070. The van der Waals surface area contributed by atoms with Crippen LogP contribution in [0.1, 0.15) is 22.9 Å². The molecule has 0 bridgehead atoms. The number of aromatic nitrogens is 6. The Balaban J connectivity index is 1.42. The third-order valence-corrected chi connectivity index (χ3v) is 4.61. The second-order valence-corrected chi connectivity index (χ2v) is 6.44. The second-order valence-electron chi connectivity index (χ2n) is 6.44. The average Bonchev–Trinajstić information content (AvgIpc) is 3.36. The molecule has 4 heterocycles. The molecule has 4 aromatic rings. The van der Waals surface area contributed by atoms with Crippen LogP contribution in [0.4, 0.5) is 0 Å². The van der Waals surface area contributed by atoms with E-state index in [1.54, 1.807) is 12.4 Å². The van der Waals surface area contributed by atoms with Crippen LogP contribution < -0.4 is 0 Å². The fourth-order valence-corrected chi connectivity index (χ4v) is 3.10. The molecule has 134 valence electrons. The predicted molar refractivity (Wildman–Crippen MR) is 95.3 cm³/mol. The van der Waals surface area contributed by atoms with Gasteiger partial charge in [-0.25, -0.2) is 4.68 Å². The van der Waals surface area contributed by atoms with Crippen LogP contribution >= 0.6 is 0 Å². The Labute approximate surface area is 154 Å². The van der Waals surface area contributed by atoms with Crippen molar-refractivity contribution in [3.8, 4) is 23.0 Å². The van der Waals surface area contributed by atoms with E-state index in [-0.39, 0.29) is 6.10 Å². The highest BCUT2D eigenvalue weighted by molar-refractivity contribution is 5.57. The lowest BCUT2D eigenvalue weighted by atomic mass is 10.1. The van der Waals surface area contributed by atoms with Crippen molar-refractivity contribution in [1.82, 2.24) is 30.1 Å². The van der Waals surface area contributed by atoms with Gasteiger partial charge in [-0.3, -0.25) is 4.98 Å². The van der Waals surface area contributed by atoms with Crippen LogP contribution in [0.3, 0.4) is 0 Å². The maximum Gasteiger partial charge on any atom is 0.258 e. The minimum Gasteiger partial charge on any atom is -0.365 e. The van der Waals surface area contributed by atoms with Gasteiger partial charge in [0.05, 0.1) is 18.8 Å². The van der Waals surface area contributed by atoms with E-state index in [1.807, 2.05) is 16.8 Å². The summed E-state index contributed by atoms with van der Waals surface area (Å²) in [6, 6.07) is 12.0. The summed E-state index contributed by atoms with van der Waals surface area (Å²) in [5.41, 5.74) is 4.59. The smallest absolute Gasteiger partial charge is 0.258 e. The Kier molecular flexibility index (Phi) is 3.75. The zero-order valence-corrected chi connectivity index (χ0v) is 14.6. The third kappa shape index (κ3) is 2.89. The van der Waals surface area contributed by atoms with Gasteiger partial charge in [0.15, 0.2) is 5.69 Å². The fraction of sp³-hybridized carbons (Fsp3) is 0.211. The van der Waals surface area contributed by atoms with E-state index in [9.17, 15) is 0 Å². The summed E-state index contributed by atoms with van der Waals surface area (Å²) < 4.78 is 13.3. The number of fused-ring (bicyclic) bond motifs is 1. The Morgan fingerprint density at radius 2 is 1.89 bits per heavy atom. The van der Waals surface area contributed by atoms with Crippen molar-refractivity contribution in [3.63, 3.8) is 0 Å². The van der Waals surface area contributed by atoms with Crippen LogP contribution in [0.15, 0.2) is 53.3 Å². The van der Waals surface area contributed by atoms with Crippen molar-refractivity contribution in [2.45, 2.75) is 26.2 Å². The average molecular weight is 360 g/mol. The van der Waals surface area contributed by atoms with Crippen molar-refractivity contribution < 1.29 is 9.26 Å². The summed E-state index contributed by atoms with van der Waals surface area (Å²) >= 11 is 0. The van der Waals surface area contributed by atoms with E-state index in [0.717, 1.165) is 16.8 Å². The quantitative estimate of drug-likeness (QED) is 0.554. The van der Waals surface area contributed by atoms with Gasteiger partial charge in [-0.15, -0.1) is 5.10 Å². The zero-order valence-electron chi connectivity index (χ0n) is 14.6. The highest BCUT2D eigenvalue weighted by Crippen LogP contribution is 2.30. The molecule has 0 amide bonds. The Morgan fingerprint density at radius 3 is 2.70 bits per heavy atom. The fourth-order valence-electron chi connectivity index (χ4n) is 3.10. The minimum atomic E-state index is -0.0507. The van der Waals surface area contributed by atoms with Crippen molar-refractivity contribution in [2.24, 2.45) is 0 Å². The Hall–Kier alpha value is -3.39. The molecule has 8 nitrogen and oxygen atoms in total. The summed E-state index contributed by atoms with van der Waals surface area (Å²) in [4.78, 5) is 8.43. The lowest BCUT2D eigenvalue weighted by Gasteiger charge is -2.24. The molecule has 0 N–H and O–H groups in total. The normalized spacial score (nSPS) is 16.3. The molecular formula is C19H16N6O2. The molecule has 1 atom stereocenters. The van der Waals surface area contributed by atoms with E-state index in [4.69, 9.17) is 9.26 Å². The van der Waals surface area contributed by atoms with Crippen molar-refractivity contribution in [1.29, 1.82) is 0 Å². The molecule has 1 aliphatic heterocycles. The maximum absolute atomic E-state index is 6.05. The van der Waals surface area contributed by atoms with Crippen LogP contribution in [0.2, 0.25) is 0 Å². The molecule has 0 aliphatic carbocycles. The number of benzene rings is 1. The topological polar surface area (TPSA) is 91.8 Å². The van der Waals surface area contributed by atoms with Gasteiger partial charge < -0.3 is 9.26 Å². The van der Waals surface area contributed by atoms with Gasteiger partial charge in [-0.05, 0) is 24.6 Å². The van der Waals surface area contributed by atoms with Crippen molar-refractivity contribution in [3.05, 3.63) is 65.6 Å². The van der Waals surface area contributed by atoms with Crippen molar-refractivity contribution >= 4 is 0 Å². The molecule has 0 radical (unpaired) electrons. The number of ether oxygens (including phenoxy) is 1. The van der Waals surface area contributed by atoms with E-state index in [0.29, 0.717) is 30.6 Å². The van der Waals surface area contributed by atoms with Crippen LogP contribution in [-0.4, -0.2) is 30.1 Å². The molecule has 5 rings (SSSR count). The van der Waals surface area contributed by atoms with Gasteiger partial charge in [0.25, 0.3) is 5.89 Å². The number of pyridine rings is 1. The molecule has 0 spiro atoms. The standard InChI is InChI=1S/C19H16N6O2/c1-12-2-4-13(5-3-12)16-10-25-15(11-26-16)17(22-24-25)18-21-19(27-23-18)14-6-8-20-9-7-14/h2-9,16H,10-11H2,1H3/t16-/m0/s1. The van der Waals surface area contributed by atoms with Gasteiger partial charge in [-0.1, -0.05) is 40.2 Å². The zero-order chi connectivity index (χ0) is 18.2. The maximum atomic E-state index is 6.05. The summed E-state index contributed by atoms with van der Waals surface area (Å²) in [7, 11) is 0. The SMILES string of the molecule is Cc1ccc([C@@H]2Cn3nnc(-c4noc(-c5ccncc5)n4)c3CO2)cc1. The van der Waals surface area contributed by atoms with Gasteiger partial charge in [0.1, 0.15) is 6.10 Å². The van der Waals surface area contributed by atoms with Crippen LogP contribution in [0.25, 0.3) is 23.0 Å². The first-order valence-corrected chi connectivity index (χ1v) is 8.63. The number of hydrogen-bond acceptors (Lipinski definition) is 7. The van der Waals surface area contributed by atoms with E-state index >= 15 is 0 Å². The largest absolute Gasteiger partial charge is 0.365 e. The van der Waals surface area contributed by atoms with E-state index in [2.05, 4.69) is 56.6 Å². The van der Waals surface area contributed by atoms with Gasteiger partial charge in [0, 0.05) is 18.0 Å². The molecular weight excluding hydrogens is 344 g/mol. The first kappa shape index (κ1) is 15.8. The van der Waals surface area contributed by atoms with E-state index in [1.165, 1.54) is 5.56 Å². The van der Waals surface area contributed by atoms with Gasteiger partial charge >= 0.3 is 0 Å². The molecule has 8 heteroatoms. The first-order chi connectivity index (χ1) is 13.3. The molecule has 0 saturated heterocycles. The molecule has 27 heavy (non-hydrogen) atoms. The summed E-state index contributed by atoms with van der Waals surface area (Å²) in [6.45, 7) is 3.05. The Morgan fingerprint density at radius 1 is 1.07 bits per heavy atom. The highest BCUT2D eigenvalue weighted by Gasteiger charge is 2.27. The molecule has 1 aliphatic rings. The summed E-state index contributed by atoms with van der Waals surface area (Å²) in [6.07, 6.45) is 3.31. The molecule has 3 aromatic heterocycles.